The van der Waals surface area contributed by atoms with Gasteiger partial charge in [-0.3, -0.25) is 4.72 Å². The van der Waals surface area contributed by atoms with Crippen LogP contribution in [0.5, 0.6) is 0 Å². The monoisotopic (exact) mass is 511 g/mol. The fourth-order valence-corrected chi connectivity index (χ4v) is 5.46. The predicted molar refractivity (Wildman–Crippen MR) is 130 cm³/mol. The normalized spacial score (nSPS) is 14.1. The minimum atomic E-state index is -4.27. The number of nitrogens with zero attached hydrogens (tertiary/aromatic N) is 3. The number of sulfonamides is 1. The number of aromatic nitrogens is 3. The zero-order valence-electron chi connectivity index (χ0n) is 19.3. The highest BCUT2D eigenvalue weighted by atomic mass is 32.2. The third kappa shape index (κ3) is 6.50. The van der Waals surface area contributed by atoms with Crippen LogP contribution in [0.15, 0.2) is 40.2 Å². The van der Waals surface area contributed by atoms with Crippen LogP contribution in [0.1, 0.15) is 33.6 Å². The summed E-state index contributed by atoms with van der Waals surface area (Å²) in [6, 6.07) is 2.18. The van der Waals surface area contributed by atoms with Crippen LogP contribution >= 0.6 is 11.5 Å². The second kappa shape index (κ2) is 10.8. The first kappa shape index (κ1) is 26.0. The molecule has 0 saturated carbocycles. The van der Waals surface area contributed by atoms with Gasteiger partial charge in [-0.05, 0) is 49.8 Å². The van der Waals surface area contributed by atoms with E-state index in [4.69, 9.17) is 15.9 Å². The molecule has 2 heterocycles. The third-order valence-electron chi connectivity index (χ3n) is 5.54. The van der Waals surface area contributed by atoms with E-state index in [1.54, 1.807) is 0 Å². The van der Waals surface area contributed by atoms with E-state index < -0.39 is 20.7 Å². The Bertz CT molecular complexity index is 1170. The number of nitrogens with two attached hydrogens (primary N) is 2. The lowest BCUT2D eigenvalue weighted by Crippen LogP contribution is -2.36. The third-order valence-corrected chi connectivity index (χ3v) is 7.60. The second-order valence-corrected chi connectivity index (χ2v) is 11.4. The lowest BCUT2D eigenvalue weighted by Gasteiger charge is -2.32. The number of anilines is 2. The highest BCUT2D eigenvalue weighted by Gasteiger charge is 2.27. The van der Waals surface area contributed by atoms with Gasteiger partial charge in [0.05, 0.1) is 11.8 Å². The quantitative estimate of drug-likeness (QED) is 0.286. The maximum atomic E-state index is 15.1. The van der Waals surface area contributed by atoms with Crippen molar-refractivity contribution < 1.29 is 17.2 Å². The van der Waals surface area contributed by atoms with E-state index in [2.05, 4.69) is 38.2 Å². The molecule has 1 aromatic carbocycles. The van der Waals surface area contributed by atoms with Crippen molar-refractivity contribution in [3.8, 4) is 11.5 Å². The number of hydrogen-bond acceptors (Lipinski definition) is 10. The molecular formula is C21H30FN7O3S2. The van der Waals surface area contributed by atoms with Crippen LogP contribution in [0.25, 0.3) is 11.5 Å². The molecular weight excluding hydrogens is 481 g/mol. The Kier molecular flexibility index (Phi) is 8.23. The number of nitrogens with one attached hydrogen (secondary N) is 2. The van der Waals surface area contributed by atoms with E-state index in [0.717, 1.165) is 30.4 Å². The summed E-state index contributed by atoms with van der Waals surface area (Å²) in [7, 11) is -4.27. The molecule has 0 unspecified atom stereocenters. The van der Waals surface area contributed by atoms with E-state index >= 15 is 4.39 Å². The molecule has 13 heteroatoms. The van der Waals surface area contributed by atoms with Crippen molar-refractivity contribution >= 4 is 32.4 Å². The molecule has 186 valence electrons. The van der Waals surface area contributed by atoms with E-state index in [9.17, 15) is 8.42 Å². The lowest BCUT2D eigenvalue weighted by molar-refractivity contribution is 0.239. The van der Waals surface area contributed by atoms with Gasteiger partial charge >= 0.3 is 0 Å². The number of rotatable bonds is 12. The lowest BCUT2D eigenvalue weighted by atomic mass is 9.78. The van der Waals surface area contributed by atoms with Crippen LogP contribution in [-0.4, -0.2) is 41.9 Å². The Morgan fingerprint density at radius 1 is 1.29 bits per heavy atom. The molecule has 3 rings (SSSR count). The van der Waals surface area contributed by atoms with Crippen LogP contribution in [0.4, 0.5) is 15.2 Å². The molecule has 0 radical (unpaired) electrons. The average molecular weight is 512 g/mol. The molecule has 0 aliphatic rings. The number of halogens is 1. The van der Waals surface area contributed by atoms with E-state index in [0.29, 0.717) is 24.3 Å². The first-order valence-corrected chi connectivity index (χ1v) is 13.0. The molecule has 0 aliphatic heterocycles. The Hall–Kier alpha value is -2.61. The van der Waals surface area contributed by atoms with Gasteiger partial charge in [0, 0.05) is 29.8 Å². The van der Waals surface area contributed by atoms with Crippen LogP contribution < -0.4 is 21.5 Å². The minimum Gasteiger partial charge on any atom is -0.444 e. The largest absolute Gasteiger partial charge is 0.444 e. The fourth-order valence-electron chi connectivity index (χ4n) is 3.71. The molecule has 0 saturated heterocycles. The topological polar surface area (TPSA) is 162 Å². The Balaban J connectivity index is 1.92. The van der Waals surface area contributed by atoms with Crippen molar-refractivity contribution in [1.29, 1.82) is 0 Å². The van der Waals surface area contributed by atoms with Crippen molar-refractivity contribution in [3.63, 3.8) is 0 Å². The molecule has 6 N–H and O–H groups in total. The van der Waals surface area contributed by atoms with E-state index in [-0.39, 0.29) is 28.4 Å². The second-order valence-electron chi connectivity index (χ2n) is 8.92. The first-order chi connectivity index (χ1) is 16.0. The summed E-state index contributed by atoms with van der Waals surface area (Å²) < 4.78 is 52.1. The molecule has 2 aromatic heterocycles. The van der Waals surface area contributed by atoms with Gasteiger partial charge in [0.25, 0.3) is 10.0 Å². The number of oxazole rings is 1. The van der Waals surface area contributed by atoms with Crippen LogP contribution in [-0.2, 0) is 10.0 Å². The molecule has 0 bridgehead atoms. The molecule has 0 amide bonds. The fraction of sp³-hybridized carbons (Fsp3) is 0.476. The van der Waals surface area contributed by atoms with Crippen LogP contribution in [0.2, 0.25) is 0 Å². The van der Waals surface area contributed by atoms with Gasteiger partial charge in [-0.1, -0.05) is 13.8 Å². The van der Waals surface area contributed by atoms with Crippen LogP contribution in [0.3, 0.4) is 0 Å². The highest BCUT2D eigenvalue weighted by molar-refractivity contribution is 7.93. The van der Waals surface area contributed by atoms with Gasteiger partial charge in [-0.2, -0.15) is 4.37 Å². The summed E-state index contributed by atoms with van der Waals surface area (Å²) in [5.41, 5.74) is 12.6. The van der Waals surface area contributed by atoms with Gasteiger partial charge in [0.15, 0.2) is 0 Å². The zero-order chi connectivity index (χ0) is 24.9. The highest BCUT2D eigenvalue weighted by Crippen LogP contribution is 2.34. The van der Waals surface area contributed by atoms with Crippen molar-refractivity contribution in [1.82, 2.24) is 14.3 Å². The predicted octanol–water partition coefficient (Wildman–Crippen LogP) is 3.27. The van der Waals surface area contributed by atoms with Crippen molar-refractivity contribution in [2.24, 2.45) is 22.8 Å². The zero-order valence-corrected chi connectivity index (χ0v) is 20.9. The Morgan fingerprint density at radius 2 is 2.06 bits per heavy atom. The van der Waals surface area contributed by atoms with Gasteiger partial charge in [0.1, 0.15) is 23.3 Å². The average Bonchev–Trinajstić information content (AvgIpc) is 3.44. The molecule has 0 fully saturated rings. The van der Waals surface area contributed by atoms with Gasteiger partial charge < -0.3 is 21.2 Å². The maximum absolute atomic E-state index is 15.1. The summed E-state index contributed by atoms with van der Waals surface area (Å²) in [6.07, 6.45) is 5.64. The maximum Gasteiger partial charge on any atom is 0.266 e. The van der Waals surface area contributed by atoms with Gasteiger partial charge in [0.2, 0.25) is 11.0 Å². The summed E-state index contributed by atoms with van der Waals surface area (Å²) in [6.45, 7) is 7.21. The smallest absolute Gasteiger partial charge is 0.266 e. The van der Waals surface area contributed by atoms with Gasteiger partial charge in [-0.25, -0.2) is 22.8 Å². The molecule has 0 aliphatic carbocycles. The Morgan fingerprint density at radius 3 is 2.65 bits per heavy atom. The molecule has 10 nitrogen and oxygen atoms in total. The molecule has 2 atom stereocenters. The van der Waals surface area contributed by atoms with Crippen LogP contribution in [0, 0.1) is 17.2 Å². The standard InChI is InChI=1S/C21H30FN7O3S2/c1-13(24)14(10-21(2,3)4-5-23)11-26-17-9-16(22)18(8-15(17)19-25-6-7-32-19)34(30,31)29-20-27-12-28-33-20/h6-9,12-14,26H,4-5,10-11,23-24H2,1-3H3,(H,27,28,29)/t13-,14+/m1/s1. The molecule has 34 heavy (non-hydrogen) atoms. The molecule has 0 spiro atoms. The summed E-state index contributed by atoms with van der Waals surface area (Å²) in [5, 5.41) is 3.25. The minimum absolute atomic E-state index is 0.0142. The number of benzene rings is 1. The summed E-state index contributed by atoms with van der Waals surface area (Å²) >= 11 is 0.840. The summed E-state index contributed by atoms with van der Waals surface area (Å²) in [4.78, 5) is 7.34. The van der Waals surface area contributed by atoms with Crippen molar-refractivity contribution in [3.05, 3.63) is 36.7 Å². The van der Waals surface area contributed by atoms with E-state index in [1.807, 2.05) is 6.92 Å². The van der Waals surface area contributed by atoms with E-state index in [1.165, 1.54) is 24.9 Å². The SMILES string of the molecule is C[C@@H](N)[C@H](CNc1cc(F)c(S(=O)(=O)Nc2ncns2)cc1-c1ncco1)CC(C)(C)CCN. The van der Waals surface area contributed by atoms with Crippen molar-refractivity contribution in [2.75, 3.05) is 23.1 Å². The first-order valence-electron chi connectivity index (χ1n) is 10.7. The Labute approximate surface area is 202 Å². The van der Waals surface area contributed by atoms with Gasteiger partial charge in [-0.15, -0.1) is 0 Å². The van der Waals surface area contributed by atoms with Crippen molar-refractivity contribution in [2.45, 2.75) is 44.6 Å². The summed E-state index contributed by atoms with van der Waals surface area (Å²) in [5.74, 6) is -0.726. The number of hydrogen-bond donors (Lipinski definition) is 4. The molecule has 3 aromatic rings.